The van der Waals surface area contributed by atoms with Gasteiger partial charge in [-0.3, -0.25) is 9.59 Å². The standard InChI is InChI=1S/C18H23N5O4S/c1-12-11-14(24)23-16(19-12)28-17(20-23)22-6-2-3-13(22)15(25)21-7-4-18(5-8-21)26-9-10-27-18/h11,13H,2-10H2,1H3. The van der Waals surface area contributed by atoms with Gasteiger partial charge in [-0.1, -0.05) is 11.3 Å². The second-order valence-electron chi connectivity index (χ2n) is 7.60. The van der Waals surface area contributed by atoms with Crippen LogP contribution in [0.15, 0.2) is 10.9 Å². The Morgan fingerprint density at radius 3 is 2.75 bits per heavy atom. The lowest BCUT2D eigenvalue weighted by atomic mass is 10.0. The van der Waals surface area contributed by atoms with Gasteiger partial charge < -0.3 is 19.3 Å². The van der Waals surface area contributed by atoms with Gasteiger partial charge in [-0.15, -0.1) is 5.10 Å². The van der Waals surface area contributed by atoms with Crippen LogP contribution in [0.1, 0.15) is 31.4 Å². The highest BCUT2D eigenvalue weighted by Crippen LogP contribution is 2.34. The molecular formula is C18H23N5O4S. The molecule has 0 saturated carbocycles. The molecule has 10 heteroatoms. The van der Waals surface area contributed by atoms with Gasteiger partial charge in [0.2, 0.25) is 16.0 Å². The molecule has 1 amide bonds. The highest BCUT2D eigenvalue weighted by Gasteiger charge is 2.43. The summed E-state index contributed by atoms with van der Waals surface area (Å²) in [7, 11) is 0. The van der Waals surface area contributed by atoms with Crippen LogP contribution in [0.5, 0.6) is 0 Å². The van der Waals surface area contributed by atoms with Gasteiger partial charge in [0.1, 0.15) is 6.04 Å². The lowest BCUT2D eigenvalue weighted by molar-refractivity contribution is -0.187. The molecule has 5 rings (SSSR count). The van der Waals surface area contributed by atoms with E-state index in [1.807, 2.05) is 9.80 Å². The molecule has 2 aromatic heterocycles. The molecule has 0 radical (unpaired) electrons. The van der Waals surface area contributed by atoms with Gasteiger partial charge in [-0.05, 0) is 19.8 Å². The molecule has 1 spiro atoms. The first kappa shape index (κ1) is 18.0. The van der Waals surface area contributed by atoms with E-state index in [0.29, 0.717) is 54.9 Å². The number of fused-ring (bicyclic) bond motifs is 1. The number of piperidine rings is 1. The fourth-order valence-electron chi connectivity index (χ4n) is 4.34. The zero-order valence-corrected chi connectivity index (χ0v) is 16.6. The molecule has 0 N–H and O–H groups in total. The van der Waals surface area contributed by atoms with Crippen LogP contribution in [0.4, 0.5) is 5.13 Å². The summed E-state index contributed by atoms with van der Waals surface area (Å²) in [6, 6.07) is 1.23. The minimum atomic E-state index is -0.482. The molecule has 3 fully saturated rings. The normalized spacial score (nSPS) is 24.5. The number of carbonyl (C=O) groups is 1. The van der Waals surface area contributed by atoms with Crippen molar-refractivity contribution in [3.63, 3.8) is 0 Å². The Morgan fingerprint density at radius 2 is 2.00 bits per heavy atom. The van der Waals surface area contributed by atoms with Crippen molar-refractivity contribution in [2.45, 2.75) is 44.4 Å². The number of hydrogen-bond acceptors (Lipinski definition) is 8. The third-order valence-corrected chi connectivity index (χ3v) is 6.74. The molecule has 28 heavy (non-hydrogen) atoms. The van der Waals surface area contributed by atoms with Gasteiger partial charge in [-0.25, -0.2) is 4.98 Å². The predicted molar refractivity (Wildman–Crippen MR) is 103 cm³/mol. The van der Waals surface area contributed by atoms with E-state index in [0.717, 1.165) is 19.4 Å². The van der Waals surface area contributed by atoms with E-state index in [-0.39, 0.29) is 17.5 Å². The second-order valence-corrected chi connectivity index (χ2v) is 8.53. The molecule has 0 bridgehead atoms. The van der Waals surface area contributed by atoms with Gasteiger partial charge >= 0.3 is 0 Å². The zero-order valence-electron chi connectivity index (χ0n) is 15.8. The van der Waals surface area contributed by atoms with Crippen molar-refractivity contribution in [3.05, 3.63) is 22.1 Å². The third kappa shape index (κ3) is 2.99. The molecule has 2 aromatic rings. The predicted octanol–water partition coefficient (Wildman–Crippen LogP) is 0.794. The van der Waals surface area contributed by atoms with Crippen molar-refractivity contribution < 1.29 is 14.3 Å². The Balaban J connectivity index is 1.35. The van der Waals surface area contributed by atoms with E-state index in [9.17, 15) is 9.59 Å². The quantitative estimate of drug-likeness (QED) is 0.730. The molecule has 150 valence electrons. The first-order chi connectivity index (χ1) is 13.5. The molecule has 0 aromatic carbocycles. The van der Waals surface area contributed by atoms with E-state index in [2.05, 4.69) is 10.1 Å². The summed E-state index contributed by atoms with van der Waals surface area (Å²) in [4.78, 5) is 34.3. The molecule has 9 nitrogen and oxygen atoms in total. The topological polar surface area (TPSA) is 89.3 Å². The largest absolute Gasteiger partial charge is 0.347 e. The lowest BCUT2D eigenvalue weighted by Gasteiger charge is -2.39. The average Bonchev–Trinajstić information content (AvgIpc) is 3.40. The molecule has 5 heterocycles. The number of amides is 1. The first-order valence-electron chi connectivity index (χ1n) is 9.76. The number of rotatable bonds is 2. The summed E-state index contributed by atoms with van der Waals surface area (Å²) in [6.45, 7) is 5.11. The summed E-state index contributed by atoms with van der Waals surface area (Å²) in [6.07, 6.45) is 3.15. The fourth-order valence-corrected chi connectivity index (χ4v) is 5.37. The fraction of sp³-hybridized carbons (Fsp3) is 0.667. The summed E-state index contributed by atoms with van der Waals surface area (Å²) in [5, 5.41) is 5.13. The number of likely N-dealkylation sites (tertiary alicyclic amines) is 1. The summed E-state index contributed by atoms with van der Waals surface area (Å²) >= 11 is 1.36. The average molecular weight is 405 g/mol. The number of hydrogen-bond donors (Lipinski definition) is 0. The maximum Gasteiger partial charge on any atom is 0.275 e. The van der Waals surface area contributed by atoms with Crippen LogP contribution >= 0.6 is 11.3 Å². The molecule has 0 aliphatic carbocycles. The molecule has 1 atom stereocenters. The summed E-state index contributed by atoms with van der Waals surface area (Å²) in [5.41, 5.74) is 0.484. The van der Waals surface area contributed by atoms with E-state index in [1.165, 1.54) is 21.9 Å². The maximum atomic E-state index is 13.2. The minimum Gasteiger partial charge on any atom is -0.347 e. The van der Waals surface area contributed by atoms with Crippen LogP contribution in [0.3, 0.4) is 0 Å². The van der Waals surface area contributed by atoms with Crippen molar-refractivity contribution in [3.8, 4) is 0 Å². The van der Waals surface area contributed by atoms with Crippen molar-refractivity contribution >= 4 is 27.3 Å². The van der Waals surface area contributed by atoms with Crippen molar-refractivity contribution in [2.75, 3.05) is 37.7 Å². The Labute approximate surface area is 165 Å². The van der Waals surface area contributed by atoms with Crippen molar-refractivity contribution in [1.82, 2.24) is 19.5 Å². The van der Waals surface area contributed by atoms with E-state index < -0.39 is 5.79 Å². The van der Waals surface area contributed by atoms with E-state index in [4.69, 9.17) is 9.47 Å². The molecule has 3 aliphatic heterocycles. The van der Waals surface area contributed by atoms with E-state index >= 15 is 0 Å². The van der Waals surface area contributed by atoms with Gasteiger partial charge in [0, 0.05) is 44.2 Å². The van der Waals surface area contributed by atoms with Crippen LogP contribution in [0.25, 0.3) is 4.96 Å². The summed E-state index contributed by atoms with van der Waals surface area (Å²) in [5.74, 6) is -0.356. The zero-order chi connectivity index (χ0) is 19.3. The monoisotopic (exact) mass is 405 g/mol. The summed E-state index contributed by atoms with van der Waals surface area (Å²) < 4.78 is 12.8. The number of nitrogens with zero attached hydrogens (tertiary/aromatic N) is 5. The van der Waals surface area contributed by atoms with Gasteiger partial charge in [0.05, 0.1) is 13.2 Å². The van der Waals surface area contributed by atoms with Gasteiger partial charge in [-0.2, -0.15) is 4.52 Å². The highest BCUT2D eigenvalue weighted by atomic mass is 32.1. The Morgan fingerprint density at radius 1 is 1.25 bits per heavy atom. The van der Waals surface area contributed by atoms with E-state index in [1.54, 1.807) is 6.92 Å². The highest BCUT2D eigenvalue weighted by molar-refractivity contribution is 7.20. The van der Waals surface area contributed by atoms with Crippen LogP contribution < -0.4 is 10.5 Å². The minimum absolute atomic E-state index is 0.126. The molecule has 3 saturated heterocycles. The SMILES string of the molecule is Cc1cc(=O)n2nc(N3CCCC3C(=O)N3CCC4(CC3)OCCO4)sc2n1. The van der Waals surface area contributed by atoms with Crippen molar-refractivity contribution in [1.29, 1.82) is 0 Å². The van der Waals surface area contributed by atoms with Gasteiger partial charge in [0.15, 0.2) is 5.79 Å². The van der Waals surface area contributed by atoms with Crippen molar-refractivity contribution in [2.24, 2.45) is 0 Å². The van der Waals surface area contributed by atoms with Crippen LogP contribution in [0, 0.1) is 6.92 Å². The Bertz CT molecular complexity index is 957. The Kier molecular flexibility index (Phi) is 4.37. The third-order valence-electron chi connectivity index (χ3n) is 5.80. The molecule has 3 aliphatic rings. The van der Waals surface area contributed by atoms with Crippen LogP contribution in [-0.2, 0) is 14.3 Å². The van der Waals surface area contributed by atoms with Crippen LogP contribution in [-0.4, -0.2) is 70.1 Å². The number of ether oxygens (including phenoxy) is 2. The number of aromatic nitrogens is 3. The smallest absolute Gasteiger partial charge is 0.275 e. The number of aryl methyl sites for hydroxylation is 1. The second kappa shape index (κ2) is 6.78. The molecular weight excluding hydrogens is 382 g/mol. The first-order valence-corrected chi connectivity index (χ1v) is 10.6. The number of carbonyl (C=O) groups excluding carboxylic acids is 1. The van der Waals surface area contributed by atoms with Crippen LogP contribution in [0.2, 0.25) is 0 Å². The lowest BCUT2D eigenvalue weighted by Crippen LogP contribution is -2.52. The maximum absolute atomic E-state index is 13.2. The Hall–Kier alpha value is -2.04. The van der Waals surface area contributed by atoms with Gasteiger partial charge in [0.25, 0.3) is 5.56 Å². The molecule has 1 unspecified atom stereocenters. The number of anilines is 1.